The summed E-state index contributed by atoms with van der Waals surface area (Å²) in [6.45, 7) is 10.3. The number of hydrogen-bond acceptors (Lipinski definition) is 5. The van der Waals surface area contributed by atoms with Crippen LogP contribution < -0.4 is 5.32 Å². The van der Waals surface area contributed by atoms with Crippen molar-refractivity contribution in [3.63, 3.8) is 0 Å². The number of likely N-dealkylation sites (N-methyl/N-ethyl adjacent to an activating group) is 1. The molecule has 7 nitrogen and oxygen atoms in total. The Morgan fingerprint density at radius 3 is 2.04 bits per heavy atom. The largest absolute Gasteiger partial charge is 0.353 e. The molecule has 28 heavy (non-hydrogen) atoms. The third kappa shape index (κ3) is 3.95. The Kier molecular flexibility index (Phi) is 6.15. The van der Waals surface area contributed by atoms with Crippen LogP contribution in [0.1, 0.15) is 41.5 Å². The molecule has 0 aliphatic carbocycles. The molecule has 1 aromatic carbocycles. The number of hydrogen-bond donors (Lipinski definition) is 1. The lowest BCUT2D eigenvalue weighted by atomic mass is 10.0. The minimum Gasteiger partial charge on any atom is -0.353 e. The molecule has 0 radical (unpaired) electrons. The first-order valence-corrected chi connectivity index (χ1v) is 9.98. The fourth-order valence-electron chi connectivity index (χ4n) is 3.92. The van der Waals surface area contributed by atoms with Gasteiger partial charge >= 0.3 is 0 Å². The Hall–Kier alpha value is -2.25. The van der Waals surface area contributed by atoms with E-state index in [0.29, 0.717) is 17.7 Å². The maximum absolute atomic E-state index is 13.0. The van der Waals surface area contributed by atoms with E-state index in [4.69, 9.17) is 0 Å². The second kappa shape index (κ2) is 8.41. The summed E-state index contributed by atoms with van der Waals surface area (Å²) >= 11 is 0. The fourth-order valence-corrected chi connectivity index (χ4v) is 3.92. The SMILES string of the molecule is CC(C)C(C(=O)NCC(C)N1CCN(C)CC1)N1C(=O)c2ccccc2C1=O. The molecule has 7 heteroatoms. The molecule has 0 bridgehead atoms. The number of nitrogens with zero attached hydrogens (tertiary/aromatic N) is 3. The number of amides is 3. The number of benzene rings is 1. The van der Waals surface area contributed by atoms with E-state index >= 15 is 0 Å². The fraction of sp³-hybridized carbons (Fsp3) is 0.571. The molecular weight excluding hydrogens is 356 g/mol. The van der Waals surface area contributed by atoms with Crippen molar-refractivity contribution < 1.29 is 14.4 Å². The van der Waals surface area contributed by atoms with Gasteiger partial charge in [-0.2, -0.15) is 0 Å². The van der Waals surface area contributed by atoms with Crippen LogP contribution >= 0.6 is 0 Å². The van der Waals surface area contributed by atoms with Gasteiger partial charge in [-0.15, -0.1) is 0 Å². The second-order valence-corrected chi connectivity index (χ2v) is 8.15. The van der Waals surface area contributed by atoms with Crippen LogP contribution in [0.25, 0.3) is 0 Å². The standard InChI is InChI=1S/C21H30N4O3/c1-14(2)18(25-20(27)16-7-5-6-8-17(16)21(25)28)19(26)22-13-15(3)24-11-9-23(4)10-12-24/h5-8,14-15,18H,9-13H2,1-4H3,(H,22,26). The van der Waals surface area contributed by atoms with Gasteiger partial charge in [0.2, 0.25) is 5.91 Å². The van der Waals surface area contributed by atoms with Crippen molar-refractivity contribution in [2.75, 3.05) is 39.8 Å². The average Bonchev–Trinajstić information content (AvgIpc) is 2.92. The summed E-state index contributed by atoms with van der Waals surface area (Å²) in [6, 6.07) is 6.13. The third-order valence-corrected chi connectivity index (χ3v) is 5.74. The number of piperazine rings is 1. The first kappa shape index (κ1) is 20.5. The molecule has 0 spiro atoms. The van der Waals surface area contributed by atoms with E-state index in [1.54, 1.807) is 24.3 Å². The molecule has 3 amide bonds. The predicted octanol–water partition coefficient (Wildman–Crippen LogP) is 1.06. The Bertz CT molecular complexity index is 721. The summed E-state index contributed by atoms with van der Waals surface area (Å²) in [6.07, 6.45) is 0. The number of nitrogens with one attached hydrogen (secondary N) is 1. The van der Waals surface area contributed by atoms with Crippen molar-refractivity contribution in [3.05, 3.63) is 35.4 Å². The summed E-state index contributed by atoms with van der Waals surface area (Å²) in [5.74, 6) is -1.23. The summed E-state index contributed by atoms with van der Waals surface area (Å²) in [5.41, 5.74) is 0.744. The molecule has 2 unspecified atom stereocenters. The van der Waals surface area contributed by atoms with Crippen LogP contribution in [0.2, 0.25) is 0 Å². The van der Waals surface area contributed by atoms with E-state index in [-0.39, 0.29) is 29.7 Å². The van der Waals surface area contributed by atoms with Crippen molar-refractivity contribution >= 4 is 17.7 Å². The molecule has 2 aliphatic heterocycles. The zero-order chi connectivity index (χ0) is 20.4. The van der Waals surface area contributed by atoms with Gasteiger partial charge in [-0.05, 0) is 32.0 Å². The lowest BCUT2D eigenvalue weighted by Gasteiger charge is -2.37. The zero-order valence-electron chi connectivity index (χ0n) is 17.1. The highest BCUT2D eigenvalue weighted by atomic mass is 16.2. The predicted molar refractivity (Wildman–Crippen MR) is 107 cm³/mol. The highest BCUT2D eigenvalue weighted by Crippen LogP contribution is 2.27. The zero-order valence-corrected chi connectivity index (χ0v) is 17.1. The van der Waals surface area contributed by atoms with Crippen molar-refractivity contribution in [2.45, 2.75) is 32.9 Å². The summed E-state index contributed by atoms with van der Waals surface area (Å²) in [4.78, 5) is 44.3. The number of carbonyl (C=O) groups excluding carboxylic acids is 3. The van der Waals surface area contributed by atoms with Crippen LogP contribution in [-0.2, 0) is 4.79 Å². The van der Waals surface area contributed by atoms with Crippen LogP contribution in [0.5, 0.6) is 0 Å². The molecule has 2 heterocycles. The number of rotatable bonds is 6. The van der Waals surface area contributed by atoms with Crippen LogP contribution in [0.15, 0.2) is 24.3 Å². The average molecular weight is 386 g/mol. The Balaban J connectivity index is 1.67. The Labute approximate surface area is 166 Å². The molecule has 1 saturated heterocycles. The van der Waals surface area contributed by atoms with Gasteiger partial charge in [0, 0.05) is 38.8 Å². The van der Waals surface area contributed by atoms with Gasteiger partial charge in [-0.25, -0.2) is 0 Å². The number of fused-ring (bicyclic) bond motifs is 1. The van der Waals surface area contributed by atoms with Crippen molar-refractivity contribution in [1.82, 2.24) is 20.0 Å². The van der Waals surface area contributed by atoms with Crippen molar-refractivity contribution in [3.8, 4) is 0 Å². The first-order valence-electron chi connectivity index (χ1n) is 9.98. The van der Waals surface area contributed by atoms with E-state index in [1.807, 2.05) is 13.8 Å². The lowest BCUT2D eigenvalue weighted by molar-refractivity contribution is -0.126. The molecular formula is C21H30N4O3. The van der Waals surface area contributed by atoms with Gasteiger partial charge in [-0.1, -0.05) is 26.0 Å². The first-order chi connectivity index (χ1) is 13.3. The number of imide groups is 1. The maximum Gasteiger partial charge on any atom is 0.262 e. The molecule has 0 aromatic heterocycles. The Morgan fingerprint density at radius 1 is 1.00 bits per heavy atom. The second-order valence-electron chi connectivity index (χ2n) is 8.15. The van der Waals surface area contributed by atoms with Crippen LogP contribution in [0, 0.1) is 5.92 Å². The molecule has 1 aromatic rings. The van der Waals surface area contributed by atoms with E-state index in [9.17, 15) is 14.4 Å². The normalized spacial score (nSPS) is 20.4. The van der Waals surface area contributed by atoms with Crippen molar-refractivity contribution in [2.24, 2.45) is 5.92 Å². The van der Waals surface area contributed by atoms with Gasteiger partial charge < -0.3 is 10.2 Å². The van der Waals surface area contributed by atoms with E-state index < -0.39 is 6.04 Å². The smallest absolute Gasteiger partial charge is 0.262 e. The highest BCUT2D eigenvalue weighted by Gasteiger charge is 2.43. The molecule has 1 N–H and O–H groups in total. The molecule has 2 aliphatic rings. The number of carbonyl (C=O) groups is 3. The van der Waals surface area contributed by atoms with E-state index in [2.05, 4.69) is 29.1 Å². The Morgan fingerprint density at radius 2 is 1.54 bits per heavy atom. The summed E-state index contributed by atoms with van der Waals surface area (Å²) in [5, 5.41) is 2.98. The topological polar surface area (TPSA) is 73.0 Å². The maximum atomic E-state index is 13.0. The quantitative estimate of drug-likeness (QED) is 0.740. The summed E-state index contributed by atoms with van der Waals surface area (Å²) < 4.78 is 0. The van der Waals surface area contributed by atoms with Gasteiger partial charge in [0.15, 0.2) is 0 Å². The molecule has 2 atom stereocenters. The van der Waals surface area contributed by atoms with Gasteiger partial charge in [-0.3, -0.25) is 24.2 Å². The monoisotopic (exact) mass is 386 g/mol. The minimum absolute atomic E-state index is 0.179. The summed E-state index contributed by atoms with van der Waals surface area (Å²) in [7, 11) is 2.11. The van der Waals surface area contributed by atoms with Crippen molar-refractivity contribution in [1.29, 1.82) is 0 Å². The molecule has 1 fully saturated rings. The lowest BCUT2D eigenvalue weighted by Crippen LogP contribution is -2.55. The molecule has 3 rings (SSSR count). The van der Waals surface area contributed by atoms with E-state index in [0.717, 1.165) is 31.1 Å². The van der Waals surface area contributed by atoms with Crippen LogP contribution in [-0.4, -0.2) is 84.3 Å². The minimum atomic E-state index is -0.813. The van der Waals surface area contributed by atoms with E-state index in [1.165, 1.54) is 0 Å². The van der Waals surface area contributed by atoms with Crippen LogP contribution in [0.3, 0.4) is 0 Å². The van der Waals surface area contributed by atoms with Gasteiger partial charge in [0.25, 0.3) is 11.8 Å². The molecule has 152 valence electrons. The molecule has 0 saturated carbocycles. The van der Waals surface area contributed by atoms with Gasteiger partial charge in [0.05, 0.1) is 11.1 Å². The third-order valence-electron chi connectivity index (χ3n) is 5.74. The van der Waals surface area contributed by atoms with Gasteiger partial charge in [0.1, 0.15) is 6.04 Å². The van der Waals surface area contributed by atoms with Crippen LogP contribution in [0.4, 0.5) is 0 Å². The highest BCUT2D eigenvalue weighted by molar-refractivity contribution is 6.22.